The van der Waals surface area contributed by atoms with Crippen LogP contribution in [0.4, 0.5) is 4.39 Å². The molecule has 2 rings (SSSR count). The molecule has 1 heterocycles. The molecule has 0 radical (unpaired) electrons. The Morgan fingerprint density at radius 2 is 2.19 bits per heavy atom. The average Bonchev–Trinajstić information content (AvgIpc) is 2.22. The lowest BCUT2D eigenvalue weighted by Gasteiger charge is -2.39. The van der Waals surface area contributed by atoms with Crippen molar-refractivity contribution in [2.45, 2.75) is 26.2 Å². The molecule has 1 saturated heterocycles. The Morgan fingerprint density at radius 3 is 2.81 bits per heavy atom. The van der Waals surface area contributed by atoms with Gasteiger partial charge in [0, 0.05) is 12.5 Å². The highest BCUT2D eigenvalue weighted by Gasteiger charge is 2.33. The van der Waals surface area contributed by atoms with Gasteiger partial charge in [-0.05, 0) is 36.1 Å². The third-order valence-electron chi connectivity index (χ3n) is 3.58. The fraction of sp³-hybridized carbons (Fsp3) is 0.538. The monoisotopic (exact) mass is 241 g/mol. The van der Waals surface area contributed by atoms with Gasteiger partial charge < -0.3 is 5.32 Å². The van der Waals surface area contributed by atoms with Crippen molar-refractivity contribution in [2.24, 2.45) is 5.41 Å². The maximum absolute atomic E-state index is 13.4. The first-order chi connectivity index (χ1) is 7.50. The molecule has 0 amide bonds. The Labute approximate surface area is 101 Å². The second kappa shape index (κ2) is 4.34. The SMILES string of the molecule is CC1(C)CCNCC1c1ccc(Cl)c(F)c1. The highest BCUT2D eigenvalue weighted by Crippen LogP contribution is 2.40. The lowest BCUT2D eigenvalue weighted by atomic mass is 9.71. The number of hydrogen-bond acceptors (Lipinski definition) is 1. The van der Waals surface area contributed by atoms with Crippen LogP contribution in [0.1, 0.15) is 31.7 Å². The minimum atomic E-state index is -0.319. The smallest absolute Gasteiger partial charge is 0.142 e. The van der Waals surface area contributed by atoms with Gasteiger partial charge in [-0.2, -0.15) is 0 Å². The first kappa shape index (κ1) is 11.9. The molecule has 0 saturated carbocycles. The van der Waals surface area contributed by atoms with Crippen molar-refractivity contribution in [3.63, 3.8) is 0 Å². The van der Waals surface area contributed by atoms with Crippen LogP contribution in [0.15, 0.2) is 18.2 Å². The van der Waals surface area contributed by atoms with E-state index in [4.69, 9.17) is 11.6 Å². The van der Waals surface area contributed by atoms with Crippen LogP contribution in [-0.2, 0) is 0 Å². The molecule has 0 bridgehead atoms. The molecule has 1 aromatic rings. The van der Waals surface area contributed by atoms with Crippen molar-refractivity contribution >= 4 is 11.6 Å². The normalized spacial score (nSPS) is 24.4. The lowest BCUT2D eigenvalue weighted by Crippen LogP contribution is -2.40. The van der Waals surface area contributed by atoms with Crippen LogP contribution in [0, 0.1) is 11.2 Å². The number of piperidine rings is 1. The van der Waals surface area contributed by atoms with E-state index in [0.717, 1.165) is 25.1 Å². The van der Waals surface area contributed by atoms with Gasteiger partial charge in [0.25, 0.3) is 0 Å². The van der Waals surface area contributed by atoms with E-state index >= 15 is 0 Å². The molecule has 1 aromatic carbocycles. The third kappa shape index (κ3) is 2.23. The van der Waals surface area contributed by atoms with E-state index in [1.54, 1.807) is 12.1 Å². The number of halogens is 2. The molecule has 0 aliphatic carbocycles. The van der Waals surface area contributed by atoms with Crippen molar-refractivity contribution in [3.05, 3.63) is 34.6 Å². The van der Waals surface area contributed by atoms with Crippen molar-refractivity contribution < 1.29 is 4.39 Å². The van der Waals surface area contributed by atoms with E-state index in [0.29, 0.717) is 5.92 Å². The summed E-state index contributed by atoms with van der Waals surface area (Å²) in [5, 5.41) is 3.57. The summed E-state index contributed by atoms with van der Waals surface area (Å²) in [6.45, 7) is 6.43. The zero-order valence-corrected chi connectivity index (χ0v) is 10.4. The van der Waals surface area contributed by atoms with Gasteiger partial charge in [0.05, 0.1) is 5.02 Å². The van der Waals surface area contributed by atoms with Crippen molar-refractivity contribution in [2.75, 3.05) is 13.1 Å². The van der Waals surface area contributed by atoms with Crippen LogP contribution in [0.5, 0.6) is 0 Å². The van der Waals surface area contributed by atoms with Crippen LogP contribution in [0.3, 0.4) is 0 Å². The van der Waals surface area contributed by atoms with Gasteiger partial charge in [-0.3, -0.25) is 0 Å². The highest BCUT2D eigenvalue weighted by atomic mass is 35.5. The Bertz CT molecular complexity index is 390. The zero-order valence-electron chi connectivity index (χ0n) is 9.69. The zero-order chi connectivity index (χ0) is 11.8. The molecular formula is C13H17ClFN. The summed E-state index contributed by atoms with van der Waals surface area (Å²) in [6, 6.07) is 5.16. The van der Waals surface area contributed by atoms with Crippen molar-refractivity contribution in [3.8, 4) is 0 Å². The molecule has 1 nitrogen and oxygen atoms in total. The van der Waals surface area contributed by atoms with Crippen LogP contribution in [0.2, 0.25) is 5.02 Å². The minimum absolute atomic E-state index is 0.199. The largest absolute Gasteiger partial charge is 0.316 e. The van der Waals surface area contributed by atoms with Gasteiger partial charge in [0.2, 0.25) is 0 Å². The Hall–Kier alpha value is -0.600. The highest BCUT2D eigenvalue weighted by molar-refractivity contribution is 6.30. The fourth-order valence-corrected chi connectivity index (χ4v) is 2.52. The molecule has 3 heteroatoms. The van der Waals surface area contributed by atoms with Crippen molar-refractivity contribution in [1.82, 2.24) is 5.32 Å². The van der Waals surface area contributed by atoms with Gasteiger partial charge in [0.15, 0.2) is 0 Å². The van der Waals surface area contributed by atoms with E-state index in [1.165, 1.54) is 0 Å². The van der Waals surface area contributed by atoms with Gasteiger partial charge in [-0.1, -0.05) is 31.5 Å². The molecule has 1 atom stereocenters. The molecule has 88 valence electrons. The van der Waals surface area contributed by atoms with E-state index in [2.05, 4.69) is 19.2 Å². The summed E-state index contributed by atoms with van der Waals surface area (Å²) in [5.41, 5.74) is 1.25. The van der Waals surface area contributed by atoms with Gasteiger partial charge in [0.1, 0.15) is 5.82 Å². The topological polar surface area (TPSA) is 12.0 Å². The maximum Gasteiger partial charge on any atom is 0.142 e. The summed E-state index contributed by atoms with van der Waals surface area (Å²) in [4.78, 5) is 0. The Morgan fingerprint density at radius 1 is 1.44 bits per heavy atom. The first-order valence-electron chi connectivity index (χ1n) is 5.66. The third-order valence-corrected chi connectivity index (χ3v) is 3.89. The molecule has 1 aliphatic heterocycles. The molecule has 1 unspecified atom stereocenters. The molecule has 16 heavy (non-hydrogen) atoms. The van der Waals surface area contributed by atoms with E-state index in [1.807, 2.05) is 6.07 Å². The second-order valence-electron chi connectivity index (χ2n) is 5.17. The molecule has 1 aliphatic rings. The second-order valence-corrected chi connectivity index (χ2v) is 5.58. The van der Waals surface area contributed by atoms with E-state index in [9.17, 15) is 4.39 Å². The fourth-order valence-electron chi connectivity index (χ4n) is 2.41. The molecule has 1 N–H and O–H groups in total. The molecule has 0 spiro atoms. The molecule has 0 aromatic heterocycles. The number of hydrogen-bond donors (Lipinski definition) is 1. The van der Waals surface area contributed by atoms with Crippen molar-refractivity contribution in [1.29, 1.82) is 0 Å². The summed E-state index contributed by atoms with van der Waals surface area (Å²) in [6.07, 6.45) is 1.11. The Balaban J connectivity index is 2.31. The summed E-state index contributed by atoms with van der Waals surface area (Å²) in [7, 11) is 0. The summed E-state index contributed by atoms with van der Waals surface area (Å²) >= 11 is 5.70. The van der Waals surface area contributed by atoms with E-state index in [-0.39, 0.29) is 16.3 Å². The predicted molar refractivity (Wildman–Crippen MR) is 65.4 cm³/mol. The number of benzene rings is 1. The lowest BCUT2D eigenvalue weighted by molar-refractivity contribution is 0.214. The quantitative estimate of drug-likeness (QED) is 0.793. The minimum Gasteiger partial charge on any atom is -0.316 e. The number of nitrogens with one attached hydrogen (secondary N) is 1. The summed E-state index contributed by atoms with van der Waals surface area (Å²) < 4.78 is 13.4. The Kier molecular flexibility index (Phi) is 3.22. The predicted octanol–water partition coefficient (Wildman–Crippen LogP) is 3.58. The van der Waals surface area contributed by atoms with Crippen LogP contribution in [-0.4, -0.2) is 13.1 Å². The van der Waals surface area contributed by atoms with Crippen LogP contribution < -0.4 is 5.32 Å². The first-order valence-corrected chi connectivity index (χ1v) is 6.04. The van der Waals surface area contributed by atoms with Gasteiger partial charge in [-0.25, -0.2) is 4.39 Å². The number of rotatable bonds is 1. The van der Waals surface area contributed by atoms with Gasteiger partial charge in [-0.15, -0.1) is 0 Å². The van der Waals surface area contributed by atoms with E-state index < -0.39 is 0 Å². The molecule has 1 fully saturated rings. The summed E-state index contributed by atoms with van der Waals surface area (Å²) in [5.74, 6) is 0.0357. The van der Waals surface area contributed by atoms with Crippen LogP contribution in [0.25, 0.3) is 0 Å². The van der Waals surface area contributed by atoms with Crippen LogP contribution >= 0.6 is 11.6 Å². The molecular weight excluding hydrogens is 225 g/mol. The maximum atomic E-state index is 13.4. The van der Waals surface area contributed by atoms with Gasteiger partial charge >= 0.3 is 0 Å². The standard InChI is InChI=1S/C13H17ClFN/c1-13(2)5-6-16-8-10(13)9-3-4-11(14)12(15)7-9/h3-4,7,10,16H,5-6,8H2,1-2H3. The average molecular weight is 242 g/mol.